The van der Waals surface area contributed by atoms with Gasteiger partial charge in [0.25, 0.3) is 0 Å². The first kappa shape index (κ1) is 21.7. The largest absolute Gasteiger partial charge is 0.497 e. The first-order valence-corrected chi connectivity index (χ1v) is 12.3. The predicted octanol–water partition coefficient (Wildman–Crippen LogP) is 8.38. The molecule has 0 heterocycles. The molecule has 0 spiro atoms. The van der Waals surface area contributed by atoms with E-state index in [-0.39, 0.29) is 0 Å². The molecule has 1 unspecified atom stereocenters. The summed E-state index contributed by atoms with van der Waals surface area (Å²) in [6, 6.07) is 8.82. The molecule has 0 saturated heterocycles. The number of hydrogen-bond acceptors (Lipinski definition) is 1. The topological polar surface area (TPSA) is 9.23 Å². The van der Waals surface area contributed by atoms with Gasteiger partial charge in [0.2, 0.25) is 0 Å². The van der Waals surface area contributed by atoms with E-state index >= 15 is 0 Å². The summed E-state index contributed by atoms with van der Waals surface area (Å²) in [5.74, 6) is 5.74. The van der Waals surface area contributed by atoms with E-state index in [1.807, 2.05) is 0 Å². The summed E-state index contributed by atoms with van der Waals surface area (Å²) in [5.41, 5.74) is 1.52. The van der Waals surface area contributed by atoms with Crippen molar-refractivity contribution in [1.82, 2.24) is 0 Å². The molecule has 1 aromatic rings. The molecule has 2 saturated carbocycles. The average Bonchev–Trinajstić information content (AvgIpc) is 2.75. The fourth-order valence-electron chi connectivity index (χ4n) is 6.05. The quantitative estimate of drug-likeness (QED) is 0.388. The van der Waals surface area contributed by atoms with Crippen molar-refractivity contribution in [2.45, 2.75) is 103 Å². The monoisotopic (exact) mass is 384 g/mol. The van der Waals surface area contributed by atoms with Crippen LogP contribution >= 0.6 is 0 Å². The molecule has 28 heavy (non-hydrogen) atoms. The Kier molecular flexibility index (Phi) is 8.74. The van der Waals surface area contributed by atoms with Crippen molar-refractivity contribution < 1.29 is 4.74 Å². The van der Waals surface area contributed by atoms with Gasteiger partial charge in [-0.25, -0.2) is 0 Å². The number of methoxy groups -OCH3 is 1. The summed E-state index contributed by atoms with van der Waals surface area (Å²) < 4.78 is 5.31. The molecule has 1 nitrogen and oxygen atoms in total. The van der Waals surface area contributed by atoms with Crippen LogP contribution in [0.3, 0.4) is 0 Å². The number of hydrogen-bond donors (Lipinski definition) is 0. The highest BCUT2D eigenvalue weighted by Gasteiger charge is 2.29. The van der Waals surface area contributed by atoms with Gasteiger partial charge in [0.15, 0.2) is 0 Å². The van der Waals surface area contributed by atoms with E-state index in [4.69, 9.17) is 4.74 Å². The molecular formula is C27H44O. The summed E-state index contributed by atoms with van der Waals surface area (Å²) in [5, 5.41) is 0. The highest BCUT2D eigenvalue weighted by molar-refractivity contribution is 5.29. The van der Waals surface area contributed by atoms with Crippen LogP contribution in [0.5, 0.6) is 5.75 Å². The van der Waals surface area contributed by atoms with Crippen LogP contribution in [0.1, 0.15) is 109 Å². The zero-order valence-corrected chi connectivity index (χ0v) is 18.8. The summed E-state index contributed by atoms with van der Waals surface area (Å²) >= 11 is 0. The Morgan fingerprint density at radius 2 is 1.50 bits per heavy atom. The van der Waals surface area contributed by atoms with Crippen molar-refractivity contribution in [3.05, 3.63) is 29.8 Å². The molecule has 3 rings (SSSR count). The van der Waals surface area contributed by atoms with Crippen molar-refractivity contribution in [3.63, 3.8) is 0 Å². The maximum absolute atomic E-state index is 5.31. The molecule has 2 fully saturated rings. The van der Waals surface area contributed by atoms with Crippen molar-refractivity contribution in [2.75, 3.05) is 7.11 Å². The molecule has 158 valence electrons. The number of rotatable bonds is 9. The third kappa shape index (κ3) is 6.26. The van der Waals surface area contributed by atoms with Gasteiger partial charge in [0.05, 0.1) is 7.11 Å². The van der Waals surface area contributed by atoms with Gasteiger partial charge < -0.3 is 4.74 Å². The van der Waals surface area contributed by atoms with Crippen LogP contribution in [0.25, 0.3) is 0 Å². The van der Waals surface area contributed by atoms with Gasteiger partial charge in [-0.1, -0.05) is 64.5 Å². The number of benzene rings is 1. The van der Waals surface area contributed by atoms with Crippen molar-refractivity contribution in [2.24, 2.45) is 23.7 Å². The summed E-state index contributed by atoms with van der Waals surface area (Å²) in [6.07, 6.45) is 19.0. The Hall–Kier alpha value is -0.980. The Morgan fingerprint density at radius 1 is 0.857 bits per heavy atom. The zero-order chi connectivity index (χ0) is 19.8. The third-order valence-corrected chi connectivity index (χ3v) is 8.05. The van der Waals surface area contributed by atoms with Crippen LogP contribution < -0.4 is 4.74 Å². The van der Waals surface area contributed by atoms with Crippen LogP contribution in [0.4, 0.5) is 0 Å². The van der Waals surface area contributed by atoms with Gasteiger partial charge in [-0.3, -0.25) is 0 Å². The second kappa shape index (κ2) is 11.3. The first-order valence-electron chi connectivity index (χ1n) is 12.3. The molecule has 1 aromatic carbocycles. The van der Waals surface area contributed by atoms with E-state index in [0.29, 0.717) is 0 Å². The zero-order valence-electron chi connectivity index (χ0n) is 18.8. The number of unbranched alkanes of at least 4 members (excludes halogenated alkanes) is 2. The normalized spacial score (nSPS) is 29.4. The lowest BCUT2D eigenvalue weighted by molar-refractivity contribution is 0.169. The van der Waals surface area contributed by atoms with E-state index in [1.54, 1.807) is 7.11 Å². The van der Waals surface area contributed by atoms with Crippen LogP contribution in [0.2, 0.25) is 0 Å². The van der Waals surface area contributed by atoms with Crippen molar-refractivity contribution in [3.8, 4) is 5.75 Å². The smallest absolute Gasteiger partial charge is 0.118 e. The summed E-state index contributed by atoms with van der Waals surface area (Å²) in [6.45, 7) is 4.89. The third-order valence-electron chi connectivity index (χ3n) is 8.05. The van der Waals surface area contributed by atoms with Crippen molar-refractivity contribution >= 4 is 0 Å². The Labute approximate surface area is 174 Å². The van der Waals surface area contributed by atoms with E-state index < -0.39 is 0 Å². The van der Waals surface area contributed by atoms with E-state index in [1.165, 1.54) is 89.0 Å². The highest BCUT2D eigenvalue weighted by atomic mass is 16.5. The molecule has 1 atom stereocenters. The van der Waals surface area contributed by atoms with Crippen LogP contribution in [0, 0.1) is 23.7 Å². The lowest BCUT2D eigenvalue weighted by Crippen LogP contribution is -2.23. The molecule has 2 aliphatic rings. The maximum Gasteiger partial charge on any atom is 0.118 e. The second-order valence-corrected chi connectivity index (χ2v) is 9.98. The summed E-state index contributed by atoms with van der Waals surface area (Å²) in [7, 11) is 1.75. The van der Waals surface area contributed by atoms with Gasteiger partial charge in [-0.2, -0.15) is 0 Å². The molecule has 0 N–H and O–H groups in total. The molecular weight excluding hydrogens is 340 g/mol. The van der Waals surface area contributed by atoms with Crippen LogP contribution in [-0.2, 0) is 0 Å². The molecule has 0 amide bonds. The van der Waals surface area contributed by atoms with E-state index in [0.717, 1.165) is 35.3 Å². The predicted molar refractivity (Wildman–Crippen MR) is 121 cm³/mol. The SMILES string of the molecule is CCCCCC1CCC(C(C)CC2CCC(c3ccc(OC)cc3)CC2)CC1. The number of ether oxygens (including phenoxy) is 1. The second-order valence-electron chi connectivity index (χ2n) is 9.98. The molecule has 0 aliphatic heterocycles. The first-order chi connectivity index (χ1) is 13.7. The van der Waals surface area contributed by atoms with E-state index in [2.05, 4.69) is 38.1 Å². The molecule has 0 aromatic heterocycles. The Bertz CT molecular complexity index is 532. The Morgan fingerprint density at radius 3 is 2.11 bits per heavy atom. The highest BCUT2D eigenvalue weighted by Crippen LogP contribution is 2.42. The van der Waals surface area contributed by atoms with Gasteiger partial charge >= 0.3 is 0 Å². The lowest BCUT2D eigenvalue weighted by Gasteiger charge is -2.36. The van der Waals surface area contributed by atoms with Gasteiger partial charge in [0, 0.05) is 0 Å². The Balaban J connectivity index is 1.36. The van der Waals surface area contributed by atoms with Gasteiger partial charge in [0.1, 0.15) is 5.75 Å². The standard InChI is InChI=1S/C27H44O/c1-4-5-6-7-22-8-12-24(13-9-22)21(2)20-23-10-14-25(15-11-23)26-16-18-27(28-3)19-17-26/h16-19,21-25H,4-15,20H2,1-3H3. The molecule has 2 aliphatic carbocycles. The maximum atomic E-state index is 5.31. The molecule has 1 heteroatoms. The minimum absolute atomic E-state index is 0.774. The minimum Gasteiger partial charge on any atom is -0.497 e. The minimum atomic E-state index is 0.774. The average molecular weight is 385 g/mol. The fourth-order valence-corrected chi connectivity index (χ4v) is 6.05. The van der Waals surface area contributed by atoms with Crippen molar-refractivity contribution in [1.29, 1.82) is 0 Å². The lowest BCUT2D eigenvalue weighted by atomic mass is 9.70. The van der Waals surface area contributed by atoms with Crippen LogP contribution in [-0.4, -0.2) is 7.11 Å². The van der Waals surface area contributed by atoms with Gasteiger partial charge in [-0.05, 0) is 92.2 Å². The molecule has 0 bridgehead atoms. The van der Waals surface area contributed by atoms with Crippen LogP contribution in [0.15, 0.2) is 24.3 Å². The fraction of sp³-hybridized carbons (Fsp3) is 0.778. The summed E-state index contributed by atoms with van der Waals surface area (Å²) in [4.78, 5) is 0. The molecule has 0 radical (unpaired) electrons. The van der Waals surface area contributed by atoms with E-state index in [9.17, 15) is 0 Å². The van der Waals surface area contributed by atoms with Gasteiger partial charge in [-0.15, -0.1) is 0 Å².